The highest BCUT2D eigenvalue weighted by Gasteiger charge is 2.21. The van der Waals surface area contributed by atoms with Gasteiger partial charge in [0.25, 0.3) is 0 Å². The molecule has 0 radical (unpaired) electrons. The van der Waals surface area contributed by atoms with Crippen LogP contribution in [0.3, 0.4) is 0 Å². The van der Waals surface area contributed by atoms with E-state index in [2.05, 4.69) is 5.32 Å². The molecule has 5 nitrogen and oxygen atoms in total. The third-order valence-corrected chi connectivity index (χ3v) is 3.94. The number of hydrogen-bond acceptors (Lipinski definition) is 4. The summed E-state index contributed by atoms with van der Waals surface area (Å²) in [5.41, 5.74) is 0.882. The SMILES string of the molecule is COc1ccc(COC(=O)CNC(=O)C2CCCCC2)cc1. The van der Waals surface area contributed by atoms with Crippen molar-refractivity contribution in [1.29, 1.82) is 0 Å². The van der Waals surface area contributed by atoms with Crippen LogP contribution in [0.1, 0.15) is 37.7 Å². The quantitative estimate of drug-likeness (QED) is 0.820. The molecule has 0 unspecified atom stereocenters. The summed E-state index contributed by atoms with van der Waals surface area (Å²) in [5, 5.41) is 2.67. The van der Waals surface area contributed by atoms with Crippen molar-refractivity contribution in [3.63, 3.8) is 0 Å². The van der Waals surface area contributed by atoms with Crippen LogP contribution in [0.15, 0.2) is 24.3 Å². The monoisotopic (exact) mass is 305 g/mol. The van der Waals surface area contributed by atoms with E-state index in [0.29, 0.717) is 0 Å². The first-order valence-electron chi connectivity index (χ1n) is 7.75. The summed E-state index contributed by atoms with van der Waals surface area (Å²) in [5.74, 6) is 0.374. The summed E-state index contributed by atoms with van der Waals surface area (Å²) in [6.07, 6.45) is 5.24. The van der Waals surface area contributed by atoms with Gasteiger partial charge in [0.1, 0.15) is 18.9 Å². The first-order valence-corrected chi connectivity index (χ1v) is 7.75. The number of nitrogens with one attached hydrogen (secondary N) is 1. The number of carbonyl (C=O) groups excluding carboxylic acids is 2. The Morgan fingerprint density at radius 2 is 1.82 bits per heavy atom. The van der Waals surface area contributed by atoms with Crippen LogP contribution in [0.25, 0.3) is 0 Å². The fourth-order valence-electron chi connectivity index (χ4n) is 2.61. The molecule has 0 saturated heterocycles. The number of ether oxygens (including phenoxy) is 2. The van der Waals surface area contributed by atoms with E-state index in [1.807, 2.05) is 24.3 Å². The minimum absolute atomic E-state index is 0.0268. The van der Waals surface area contributed by atoms with Crippen molar-refractivity contribution in [2.45, 2.75) is 38.7 Å². The second-order valence-corrected chi connectivity index (χ2v) is 5.56. The van der Waals surface area contributed by atoms with E-state index < -0.39 is 5.97 Å². The van der Waals surface area contributed by atoms with Crippen LogP contribution in [0, 0.1) is 5.92 Å². The molecule has 120 valence electrons. The third-order valence-electron chi connectivity index (χ3n) is 3.94. The van der Waals surface area contributed by atoms with E-state index in [9.17, 15) is 9.59 Å². The average molecular weight is 305 g/mol. The highest BCUT2D eigenvalue weighted by Crippen LogP contribution is 2.23. The number of carbonyl (C=O) groups is 2. The summed E-state index contributed by atoms with van der Waals surface area (Å²) in [4.78, 5) is 23.6. The average Bonchev–Trinajstić information content (AvgIpc) is 2.59. The molecule has 1 saturated carbocycles. The Bertz CT molecular complexity index is 492. The Morgan fingerprint density at radius 3 is 2.45 bits per heavy atom. The molecule has 1 aromatic rings. The number of esters is 1. The van der Waals surface area contributed by atoms with Crippen molar-refractivity contribution >= 4 is 11.9 Å². The number of amides is 1. The number of rotatable bonds is 6. The summed E-state index contributed by atoms with van der Waals surface area (Å²) < 4.78 is 10.2. The summed E-state index contributed by atoms with van der Waals surface area (Å²) in [6, 6.07) is 7.31. The van der Waals surface area contributed by atoms with Gasteiger partial charge < -0.3 is 14.8 Å². The van der Waals surface area contributed by atoms with Crippen molar-refractivity contribution in [3.05, 3.63) is 29.8 Å². The van der Waals surface area contributed by atoms with Crippen LogP contribution in [0.2, 0.25) is 0 Å². The van der Waals surface area contributed by atoms with Gasteiger partial charge >= 0.3 is 5.97 Å². The molecule has 1 aromatic carbocycles. The number of hydrogen-bond donors (Lipinski definition) is 1. The van der Waals surface area contributed by atoms with E-state index in [-0.39, 0.29) is 25.0 Å². The molecule has 0 aromatic heterocycles. The second-order valence-electron chi connectivity index (χ2n) is 5.56. The van der Waals surface area contributed by atoms with E-state index in [0.717, 1.165) is 37.0 Å². The van der Waals surface area contributed by atoms with Crippen molar-refractivity contribution in [2.24, 2.45) is 5.92 Å². The Labute approximate surface area is 131 Å². The Kier molecular flexibility index (Phi) is 6.25. The second kappa shape index (κ2) is 8.41. The van der Waals surface area contributed by atoms with E-state index in [4.69, 9.17) is 9.47 Å². The van der Waals surface area contributed by atoms with Gasteiger partial charge in [-0.3, -0.25) is 9.59 Å². The molecule has 0 atom stereocenters. The molecule has 22 heavy (non-hydrogen) atoms. The van der Waals surface area contributed by atoms with E-state index in [1.54, 1.807) is 7.11 Å². The maximum Gasteiger partial charge on any atom is 0.325 e. The van der Waals surface area contributed by atoms with Crippen LogP contribution < -0.4 is 10.1 Å². The maximum absolute atomic E-state index is 11.9. The van der Waals surface area contributed by atoms with Crippen LogP contribution >= 0.6 is 0 Å². The molecule has 1 amide bonds. The van der Waals surface area contributed by atoms with Gasteiger partial charge in [0, 0.05) is 5.92 Å². The highest BCUT2D eigenvalue weighted by atomic mass is 16.5. The molecule has 0 aliphatic heterocycles. The Morgan fingerprint density at radius 1 is 1.14 bits per heavy atom. The third kappa shape index (κ3) is 5.06. The van der Waals surface area contributed by atoms with Crippen molar-refractivity contribution in [2.75, 3.05) is 13.7 Å². The molecule has 0 heterocycles. The highest BCUT2D eigenvalue weighted by molar-refractivity contribution is 5.83. The minimum Gasteiger partial charge on any atom is -0.497 e. The standard InChI is InChI=1S/C17H23NO4/c1-21-15-9-7-13(8-10-15)12-22-16(19)11-18-17(20)14-5-3-2-4-6-14/h7-10,14H,2-6,11-12H2,1H3,(H,18,20). The van der Waals surface area contributed by atoms with Crippen LogP contribution in [-0.2, 0) is 20.9 Å². The van der Waals surface area contributed by atoms with Crippen molar-refractivity contribution in [1.82, 2.24) is 5.32 Å². The largest absolute Gasteiger partial charge is 0.497 e. The predicted octanol–water partition coefficient (Wildman–Crippen LogP) is 2.43. The first-order chi connectivity index (χ1) is 10.7. The van der Waals surface area contributed by atoms with Crippen molar-refractivity contribution < 1.29 is 19.1 Å². The maximum atomic E-state index is 11.9. The Balaban J connectivity index is 1.67. The van der Waals surface area contributed by atoms with Gasteiger partial charge in [0.2, 0.25) is 5.91 Å². The molecule has 1 N–H and O–H groups in total. The normalized spacial score (nSPS) is 15.1. The van der Waals surface area contributed by atoms with Gasteiger partial charge in [-0.2, -0.15) is 0 Å². The fourth-order valence-corrected chi connectivity index (χ4v) is 2.61. The topological polar surface area (TPSA) is 64.6 Å². The molecule has 1 aliphatic carbocycles. The summed E-state index contributed by atoms with van der Waals surface area (Å²) in [7, 11) is 1.60. The lowest BCUT2D eigenvalue weighted by atomic mass is 9.89. The van der Waals surface area contributed by atoms with Gasteiger partial charge in [-0.05, 0) is 30.5 Å². The van der Waals surface area contributed by atoms with Crippen molar-refractivity contribution in [3.8, 4) is 5.75 Å². The van der Waals surface area contributed by atoms with Gasteiger partial charge in [0.15, 0.2) is 0 Å². The zero-order valence-corrected chi connectivity index (χ0v) is 13.0. The van der Waals surface area contributed by atoms with Gasteiger partial charge in [-0.15, -0.1) is 0 Å². The minimum atomic E-state index is -0.417. The summed E-state index contributed by atoms with van der Waals surface area (Å²) in [6.45, 7) is 0.133. The number of benzene rings is 1. The lowest BCUT2D eigenvalue weighted by molar-refractivity contribution is -0.145. The van der Waals surface area contributed by atoms with Gasteiger partial charge in [-0.1, -0.05) is 31.4 Å². The van der Waals surface area contributed by atoms with Crippen LogP contribution in [0.5, 0.6) is 5.75 Å². The number of methoxy groups -OCH3 is 1. The molecular weight excluding hydrogens is 282 g/mol. The molecular formula is C17H23NO4. The molecule has 0 spiro atoms. The van der Waals surface area contributed by atoms with Gasteiger partial charge in [0.05, 0.1) is 7.11 Å². The van der Waals surface area contributed by atoms with E-state index >= 15 is 0 Å². The van der Waals surface area contributed by atoms with Crippen LogP contribution in [-0.4, -0.2) is 25.5 Å². The fraction of sp³-hybridized carbons (Fsp3) is 0.529. The molecule has 1 aliphatic rings. The smallest absolute Gasteiger partial charge is 0.325 e. The molecule has 2 rings (SSSR count). The van der Waals surface area contributed by atoms with Gasteiger partial charge in [-0.25, -0.2) is 0 Å². The predicted molar refractivity (Wildman–Crippen MR) is 82.4 cm³/mol. The summed E-state index contributed by atoms with van der Waals surface area (Å²) >= 11 is 0. The lowest BCUT2D eigenvalue weighted by Gasteiger charge is -2.20. The van der Waals surface area contributed by atoms with E-state index in [1.165, 1.54) is 6.42 Å². The molecule has 5 heteroatoms. The van der Waals surface area contributed by atoms with Crippen LogP contribution in [0.4, 0.5) is 0 Å². The first kappa shape index (κ1) is 16.3. The Hall–Kier alpha value is -2.04. The molecule has 0 bridgehead atoms. The zero-order chi connectivity index (χ0) is 15.8. The molecule has 1 fully saturated rings. The zero-order valence-electron chi connectivity index (χ0n) is 13.0. The lowest BCUT2D eigenvalue weighted by Crippen LogP contribution is -2.36.